The van der Waals surface area contributed by atoms with Gasteiger partial charge in [-0.05, 0) is 36.4 Å². The molecule has 0 aliphatic heterocycles. The van der Waals surface area contributed by atoms with Crippen molar-refractivity contribution in [2.24, 2.45) is 0 Å². The minimum Gasteiger partial charge on any atom is -0.508 e. The monoisotopic (exact) mass is 327 g/mol. The first-order chi connectivity index (χ1) is 11.4. The van der Waals surface area contributed by atoms with Crippen LogP contribution in [0.5, 0.6) is 5.75 Å². The fraction of sp³-hybridized carbons (Fsp3) is 0.118. The molecule has 7 heteroatoms. The maximum absolute atomic E-state index is 11.9. The molecule has 0 atom stereocenters. The molecule has 0 heterocycles. The molecule has 0 unspecified atom stereocenters. The number of nitrogens with one attached hydrogen (secondary N) is 3. The molecule has 0 aliphatic rings. The van der Waals surface area contributed by atoms with E-state index in [1.54, 1.807) is 24.3 Å². The van der Waals surface area contributed by atoms with Gasteiger partial charge in [0.2, 0.25) is 11.8 Å². The second kappa shape index (κ2) is 7.77. The van der Waals surface area contributed by atoms with E-state index in [2.05, 4.69) is 16.0 Å². The van der Waals surface area contributed by atoms with Crippen molar-refractivity contribution in [1.29, 1.82) is 0 Å². The van der Waals surface area contributed by atoms with E-state index in [-0.39, 0.29) is 23.8 Å². The summed E-state index contributed by atoms with van der Waals surface area (Å²) in [6, 6.07) is 12.5. The maximum Gasteiger partial charge on any atom is 0.251 e. The molecule has 0 saturated heterocycles. The highest BCUT2D eigenvalue weighted by atomic mass is 16.3. The molecule has 0 radical (unpaired) electrons. The number of carbonyl (C=O) groups is 3. The van der Waals surface area contributed by atoms with Crippen molar-refractivity contribution >= 4 is 29.1 Å². The van der Waals surface area contributed by atoms with Crippen molar-refractivity contribution in [1.82, 2.24) is 5.32 Å². The molecular weight excluding hydrogens is 310 g/mol. The van der Waals surface area contributed by atoms with Crippen LogP contribution in [0.2, 0.25) is 0 Å². The first-order valence-electron chi connectivity index (χ1n) is 7.19. The minimum atomic E-state index is -0.465. The van der Waals surface area contributed by atoms with E-state index in [0.717, 1.165) is 0 Å². The van der Waals surface area contributed by atoms with Crippen molar-refractivity contribution in [3.63, 3.8) is 0 Å². The van der Waals surface area contributed by atoms with Crippen molar-refractivity contribution in [3.8, 4) is 5.75 Å². The lowest BCUT2D eigenvalue weighted by molar-refractivity contribution is -0.115. The Balaban J connectivity index is 1.89. The van der Waals surface area contributed by atoms with Gasteiger partial charge in [0.25, 0.3) is 5.91 Å². The summed E-state index contributed by atoms with van der Waals surface area (Å²) in [6.07, 6.45) is 0. The Hall–Kier alpha value is -3.35. The van der Waals surface area contributed by atoms with Gasteiger partial charge in [-0.25, -0.2) is 0 Å². The maximum atomic E-state index is 11.9. The third-order valence-electron chi connectivity index (χ3n) is 2.98. The van der Waals surface area contributed by atoms with Crippen molar-refractivity contribution in [2.75, 3.05) is 17.2 Å². The highest BCUT2D eigenvalue weighted by Gasteiger charge is 2.09. The van der Waals surface area contributed by atoms with E-state index >= 15 is 0 Å². The number of rotatable bonds is 5. The number of phenolic OH excluding ortho intramolecular Hbond substituents is 1. The van der Waals surface area contributed by atoms with Gasteiger partial charge in [-0.15, -0.1) is 0 Å². The molecule has 2 aromatic rings. The molecule has 0 spiro atoms. The standard InChI is InChI=1S/C17H17N3O4/c1-11(21)19-13-5-3-6-14(9-13)20-16(23)10-18-17(24)12-4-2-7-15(22)8-12/h2-9,22H,10H2,1H3,(H,18,24)(H,19,21)(H,20,23). The Kier molecular flexibility index (Phi) is 5.51. The van der Waals surface area contributed by atoms with Crippen LogP contribution in [0.4, 0.5) is 11.4 Å². The van der Waals surface area contributed by atoms with Crippen LogP contribution in [0.25, 0.3) is 0 Å². The van der Waals surface area contributed by atoms with Gasteiger partial charge in [-0.2, -0.15) is 0 Å². The molecule has 0 aromatic heterocycles. The lowest BCUT2D eigenvalue weighted by atomic mass is 10.2. The summed E-state index contributed by atoms with van der Waals surface area (Å²) in [5.41, 5.74) is 1.32. The average molecular weight is 327 g/mol. The Labute approximate surface area is 138 Å². The number of amides is 3. The molecule has 124 valence electrons. The molecule has 0 bridgehead atoms. The van der Waals surface area contributed by atoms with Gasteiger partial charge in [0.1, 0.15) is 5.75 Å². The van der Waals surface area contributed by atoms with Gasteiger partial charge in [0.15, 0.2) is 0 Å². The van der Waals surface area contributed by atoms with E-state index in [9.17, 15) is 19.5 Å². The van der Waals surface area contributed by atoms with E-state index in [1.807, 2.05) is 0 Å². The fourth-order valence-corrected chi connectivity index (χ4v) is 1.99. The van der Waals surface area contributed by atoms with Gasteiger partial charge in [-0.3, -0.25) is 14.4 Å². The van der Waals surface area contributed by atoms with E-state index < -0.39 is 11.8 Å². The van der Waals surface area contributed by atoms with Gasteiger partial charge >= 0.3 is 0 Å². The first kappa shape index (κ1) is 17.0. The highest BCUT2D eigenvalue weighted by Crippen LogP contribution is 2.15. The smallest absolute Gasteiger partial charge is 0.251 e. The summed E-state index contributed by atoms with van der Waals surface area (Å²) in [5.74, 6) is -1.12. The Morgan fingerprint density at radius 2 is 1.62 bits per heavy atom. The normalized spacial score (nSPS) is 9.88. The molecule has 7 nitrogen and oxygen atoms in total. The van der Waals surface area contributed by atoms with Crippen molar-refractivity contribution in [3.05, 3.63) is 54.1 Å². The fourth-order valence-electron chi connectivity index (χ4n) is 1.99. The largest absolute Gasteiger partial charge is 0.508 e. The molecule has 0 saturated carbocycles. The van der Waals surface area contributed by atoms with Crippen LogP contribution in [0.15, 0.2) is 48.5 Å². The van der Waals surface area contributed by atoms with Gasteiger partial charge < -0.3 is 21.1 Å². The van der Waals surface area contributed by atoms with Crippen LogP contribution >= 0.6 is 0 Å². The summed E-state index contributed by atoms with van der Waals surface area (Å²) in [7, 11) is 0. The predicted octanol–water partition coefficient (Wildman–Crippen LogP) is 1.72. The molecule has 2 rings (SSSR count). The lowest BCUT2D eigenvalue weighted by Gasteiger charge is -2.09. The highest BCUT2D eigenvalue weighted by molar-refractivity contribution is 5.99. The molecule has 24 heavy (non-hydrogen) atoms. The van der Waals surface area contributed by atoms with Gasteiger partial charge in [0, 0.05) is 23.9 Å². The third-order valence-corrected chi connectivity index (χ3v) is 2.98. The summed E-state index contributed by atoms with van der Waals surface area (Å²) in [5, 5.41) is 17.0. The summed E-state index contributed by atoms with van der Waals surface area (Å²) < 4.78 is 0. The van der Waals surface area contributed by atoms with Crippen molar-refractivity contribution in [2.45, 2.75) is 6.92 Å². The molecule has 3 amide bonds. The van der Waals surface area contributed by atoms with Gasteiger partial charge in [-0.1, -0.05) is 12.1 Å². The zero-order chi connectivity index (χ0) is 17.5. The number of carbonyl (C=O) groups excluding carboxylic acids is 3. The van der Waals surface area contributed by atoms with Crippen LogP contribution < -0.4 is 16.0 Å². The van der Waals surface area contributed by atoms with E-state index in [4.69, 9.17) is 0 Å². The zero-order valence-electron chi connectivity index (χ0n) is 13.0. The number of phenols is 1. The first-order valence-corrected chi connectivity index (χ1v) is 7.19. The van der Waals surface area contributed by atoms with E-state index in [1.165, 1.54) is 31.2 Å². The van der Waals surface area contributed by atoms with Crippen LogP contribution in [0.3, 0.4) is 0 Å². The van der Waals surface area contributed by atoms with Crippen LogP contribution in [0, 0.1) is 0 Å². The Bertz CT molecular complexity index is 774. The number of anilines is 2. The minimum absolute atomic E-state index is 0.0260. The molecule has 0 fully saturated rings. The van der Waals surface area contributed by atoms with Gasteiger partial charge in [0.05, 0.1) is 6.54 Å². The van der Waals surface area contributed by atoms with E-state index in [0.29, 0.717) is 11.4 Å². The van der Waals surface area contributed by atoms with Crippen LogP contribution in [0.1, 0.15) is 17.3 Å². The Morgan fingerprint density at radius 1 is 0.958 bits per heavy atom. The van der Waals surface area contributed by atoms with Crippen LogP contribution in [-0.4, -0.2) is 29.4 Å². The number of hydrogen-bond acceptors (Lipinski definition) is 4. The lowest BCUT2D eigenvalue weighted by Crippen LogP contribution is -2.32. The average Bonchev–Trinajstić information content (AvgIpc) is 2.52. The van der Waals surface area contributed by atoms with Crippen LogP contribution in [-0.2, 0) is 9.59 Å². The van der Waals surface area contributed by atoms with Crippen molar-refractivity contribution < 1.29 is 19.5 Å². The molecule has 4 N–H and O–H groups in total. The Morgan fingerprint density at radius 3 is 2.29 bits per heavy atom. The topological polar surface area (TPSA) is 108 Å². The molecular formula is C17H17N3O4. The quantitative estimate of drug-likeness (QED) is 0.670. The zero-order valence-corrected chi connectivity index (χ0v) is 13.0. The molecule has 0 aliphatic carbocycles. The summed E-state index contributed by atoms with van der Waals surface area (Å²) in [4.78, 5) is 34.8. The second-order valence-corrected chi connectivity index (χ2v) is 5.04. The number of hydrogen-bond donors (Lipinski definition) is 4. The third kappa shape index (κ3) is 5.13. The molecule has 2 aromatic carbocycles. The SMILES string of the molecule is CC(=O)Nc1cccc(NC(=O)CNC(=O)c2cccc(O)c2)c1. The second-order valence-electron chi connectivity index (χ2n) is 5.04. The number of benzene rings is 2. The summed E-state index contributed by atoms with van der Waals surface area (Å²) >= 11 is 0. The predicted molar refractivity (Wildman–Crippen MR) is 89.8 cm³/mol. The summed E-state index contributed by atoms with van der Waals surface area (Å²) in [6.45, 7) is 1.17. The number of aromatic hydroxyl groups is 1.